The fourth-order valence-electron chi connectivity index (χ4n) is 3.26. The van der Waals surface area contributed by atoms with Crippen LogP contribution in [-0.4, -0.2) is 47.7 Å². The molecule has 3 amide bonds. The Bertz CT molecular complexity index is 983. The molecule has 158 valence electrons. The molecule has 1 aromatic carbocycles. The van der Waals surface area contributed by atoms with Gasteiger partial charge in [0.05, 0.1) is 37.1 Å². The fourth-order valence-corrected chi connectivity index (χ4v) is 3.26. The standard InChI is InChI=1S/C20H20F2N4O4/c1-11(14-3-2-12(21)6-16(14)22)24-18(27)8-26-7-15-17(25-20(26)28)4-5-23-19(15)30-13-9-29-10-13/h2-6,11,13H,7-10H2,1H3,(H,24,27)(H,25,28)/t11-/m0/s1. The molecule has 0 unspecified atom stereocenters. The van der Waals surface area contributed by atoms with Gasteiger partial charge in [-0.1, -0.05) is 6.07 Å². The SMILES string of the molecule is C[C@H](NC(=O)CN1Cc2c(ccnc2OC2COC2)NC1=O)c1ccc(F)cc1F. The number of fused-ring (bicyclic) bond motifs is 1. The largest absolute Gasteiger partial charge is 0.469 e. The van der Waals surface area contributed by atoms with Crippen molar-refractivity contribution in [2.45, 2.75) is 25.6 Å². The van der Waals surface area contributed by atoms with Gasteiger partial charge in [0.25, 0.3) is 0 Å². The van der Waals surface area contributed by atoms with Gasteiger partial charge in [0.1, 0.15) is 24.3 Å². The number of hydrogen-bond donors (Lipinski definition) is 2. The minimum Gasteiger partial charge on any atom is -0.469 e. The van der Waals surface area contributed by atoms with E-state index in [0.717, 1.165) is 12.1 Å². The Morgan fingerprint density at radius 3 is 2.90 bits per heavy atom. The highest BCUT2D eigenvalue weighted by atomic mass is 19.1. The lowest BCUT2D eigenvalue weighted by Crippen LogP contribution is -2.45. The summed E-state index contributed by atoms with van der Waals surface area (Å²) in [6, 6.07) is 3.68. The van der Waals surface area contributed by atoms with Crippen LogP contribution in [0.5, 0.6) is 5.88 Å². The molecule has 4 rings (SSSR count). The summed E-state index contributed by atoms with van der Waals surface area (Å²) in [6.07, 6.45) is 1.44. The molecule has 2 aliphatic heterocycles. The molecule has 1 saturated heterocycles. The topological polar surface area (TPSA) is 92.8 Å². The number of benzene rings is 1. The minimum atomic E-state index is -0.750. The number of amides is 3. The Kier molecular flexibility index (Phi) is 5.49. The molecule has 0 radical (unpaired) electrons. The Labute approximate surface area is 171 Å². The maximum atomic E-state index is 13.9. The molecule has 10 heteroatoms. The molecule has 0 bridgehead atoms. The van der Waals surface area contributed by atoms with Crippen molar-refractivity contribution in [3.63, 3.8) is 0 Å². The van der Waals surface area contributed by atoms with Crippen molar-refractivity contribution < 1.29 is 27.8 Å². The fraction of sp³-hybridized carbons (Fsp3) is 0.350. The van der Waals surface area contributed by atoms with Crippen LogP contribution in [-0.2, 0) is 16.1 Å². The number of halogens is 2. The maximum absolute atomic E-state index is 13.9. The summed E-state index contributed by atoms with van der Waals surface area (Å²) in [5, 5.41) is 5.35. The molecule has 3 heterocycles. The third-order valence-electron chi connectivity index (χ3n) is 4.92. The normalized spacial score (nSPS) is 16.9. The van der Waals surface area contributed by atoms with Crippen LogP contribution in [0.15, 0.2) is 30.5 Å². The summed E-state index contributed by atoms with van der Waals surface area (Å²) in [5.74, 6) is -1.55. The van der Waals surface area contributed by atoms with E-state index in [1.165, 1.54) is 17.2 Å². The van der Waals surface area contributed by atoms with Crippen LogP contribution in [0, 0.1) is 11.6 Å². The lowest BCUT2D eigenvalue weighted by molar-refractivity contribution is -0.122. The smallest absolute Gasteiger partial charge is 0.322 e. The van der Waals surface area contributed by atoms with E-state index in [-0.39, 0.29) is 24.8 Å². The average molecular weight is 418 g/mol. The predicted molar refractivity (Wildman–Crippen MR) is 102 cm³/mol. The van der Waals surface area contributed by atoms with E-state index < -0.39 is 29.6 Å². The number of anilines is 1. The summed E-state index contributed by atoms with van der Waals surface area (Å²) < 4.78 is 37.9. The second-order valence-corrected chi connectivity index (χ2v) is 7.16. The average Bonchev–Trinajstić information content (AvgIpc) is 2.65. The number of nitrogens with zero attached hydrogens (tertiary/aromatic N) is 2. The van der Waals surface area contributed by atoms with Crippen LogP contribution in [0.3, 0.4) is 0 Å². The second-order valence-electron chi connectivity index (χ2n) is 7.16. The number of hydrogen-bond acceptors (Lipinski definition) is 5. The first kappa shape index (κ1) is 20.0. The van der Waals surface area contributed by atoms with Crippen molar-refractivity contribution in [2.24, 2.45) is 0 Å². The number of aromatic nitrogens is 1. The van der Waals surface area contributed by atoms with Crippen LogP contribution in [0.2, 0.25) is 0 Å². The molecule has 0 spiro atoms. The van der Waals surface area contributed by atoms with Crippen LogP contribution < -0.4 is 15.4 Å². The molecular weight excluding hydrogens is 398 g/mol. The van der Waals surface area contributed by atoms with Crippen molar-refractivity contribution in [1.29, 1.82) is 0 Å². The predicted octanol–water partition coefficient (Wildman–Crippen LogP) is 2.36. The van der Waals surface area contributed by atoms with E-state index in [4.69, 9.17) is 9.47 Å². The van der Waals surface area contributed by atoms with Crippen LogP contribution >= 0.6 is 0 Å². The summed E-state index contributed by atoms with van der Waals surface area (Å²) in [6.45, 7) is 2.41. The van der Waals surface area contributed by atoms with Crippen molar-refractivity contribution in [3.8, 4) is 5.88 Å². The van der Waals surface area contributed by atoms with E-state index >= 15 is 0 Å². The van der Waals surface area contributed by atoms with Crippen molar-refractivity contribution >= 4 is 17.6 Å². The van der Waals surface area contributed by atoms with Gasteiger partial charge in [-0.25, -0.2) is 18.6 Å². The number of rotatable bonds is 6. The summed E-state index contributed by atoms with van der Waals surface area (Å²) >= 11 is 0. The van der Waals surface area contributed by atoms with Crippen molar-refractivity contribution in [3.05, 3.63) is 53.2 Å². The number of urea groups is 1. The van der Waals surface area contributed by atoms with Crippen molar-refractivity contribution in [1.82, 2.24) is 15.2 Å². The lowest BCUT2D eigenvalue weighted by Gasteiger charge is -2.32. The Morgan fingerprint density at radius 1 is 1.40 bits per heavy atom. The number of pyridine rings is 1. The molecule has 30 heavy (non-hydrogen) atoms. The molecule has 1 atom stereocenters. The second kappa shape index (κ2) is 8.23. The van der Waals surface area contributed by atoms with Gasteiger partial charge in [-0.15, -0.1) is 0 Å². The highest BCUT2D eigenvalue weighted by molar-refractivity contribution is 5.95. The van der Waals surface area contributed by atoms with E-state index in [0.29, 0.717) is 30.3 Å². The Hall–Kier alpha value is -3.27. The van der Waals surface area contributed by atoms with E-state index in [9.17, 15) is 18.4 Å². The van der Waals surface area contributed by atoms with Gasteiger partial charge in [0, 0.05) is 17.8 Å². The molecule has 1 fully saturated rings. The summed E-state index contributed by atoms with van der Waals surface area (Å²) in [4.78, 5) is 30.4. The quantitative estimate of drug-likeness (QED) is 0.752. The first-order chi connectivity index (χ1) is 14.4. The molecule has 8 nitrogen and oxygen atoms in total. The molecule has 2 aliphatic rings. The monoisotopic (exact) mass is 418 g/mol. The Balaban J connectivity index is 1.42. The third kappa shape index (κ3) is 4.18. The van der Waals surface area contributed by atoms with Crippen LogP contribution in [0.4, 0.5) is 19.3 Å². The van der Waals surface area contributed by atoms with E-state index in [1.807, 2.05) is 0 Å². The number of nitrogens with one attached hydrogen (secondary N) is 2. The van der Waals surface area contributed by atoms with Gasteiger partial charge in [-0.05, 0) is 19.1 Å². The van der Waals surface area contributed by atoms with Crippen LogP contribution in [0.25, 0.3) is 0 Å². The van der Waals surface area contributed by atoms with Gasteiger partial charge < -0.3 is 25.0 Å². The van der Waals surface area contributed by atoms with E-state index in [2.05, 4.69) is 15.6 Å². The number of carbonyl (C=O) groups is 2. The highest BCUT2D eigenvalue weighted by Gasteiger charge is 2.30. The maximum Gasteiger partial charge on any atom is 0.322 e. The molecule has 0 aliphatic carbocycles. The molecule has 2 aromatic rings. The van der Waals surface area contributed by atoms with Gasteiger partial charge in [0.15, 0.2) is 0 Å². The first-order valence-corrected chi connectivity index (χ1v) is 9.43. The lowest BCUT2D eigenvalue weighted by atomic mass is 10.1. The minimum absolute atomic E-state index is 0.0927. The zero-order valence-corrected chi connectivity index (χ0v) is 16.2. The Morgan fingerprint density at radius 2 is 2.20 bits per heavy atom. The number of carbonyl (C=O) groups excluding carboxylic acids is 2. The zero-order valence-electron chi connectivity index (χ0n) is 16.2. The summed E-state index contributed by atoms with van der Waals surface area (Å²) in [7, 11) is 0. The summed E-state index contributed by atoms with van der Waals surface area (Å²) in [5.41, 5.74) is 1.39. The molecule has 1 aromatic heterocycles. The van der Waals surface area contributed by atoms with Gasteiger partial charge in [-0.2, -0.15) is 0 Å². The van der Waals surface area contributed by atoms with Crippen LogP contribution in [0.1, 0.15) is 24.1 Å². The van der Waals surface area contributed by atoms with Crippen molar-refractivity contribution in [2.75, 3.05) is 25.1 Å². The number of ether oxygens (including phenoxy) is 2. The zero-order chi connectivity index (χ0) is 21.3. The molecular formula is C20H20F2N4O4. The first-order valence-electron chi connectivity index (χ1n) is 9.43. The molecule has 0 saturated carbocycles. The van der Waals surface area contributed by atoms with Gasteiger partial charge in [-0.3, -0.25) is 4.79 Å². The highest BCUT2D eigenvalue weighted by Crippen LogP contribution is 2.31. The van der Waals surface area contributed by atoms with E-state index in [1.54, 1.807) is 13.0 Å². The van der Waals surface area contributed by atoms with Gasteiger partial charge in [0.2, 0.25) is 11.8 Å². The third-order valence-corrected chi connectivity index (χ3v) is 4.92. The van der Waals surface area contributed by atoms with Gasteiger partial charge >= 0.3 is 6.03 Å². The molecule has 2 N–H and O–H groups in total.